The van der Waals surface area contributed by atoms with E-state index in [1.807, 2.05) is 13.0 Å². The molecule has 2 aliphatic rings. The summed E-state index contributed by atoms with van der Waals surface area (Å²) < 4.78 is 28.0. The van der Waals surface area contributed by atoms with E-state index < -0.39 is 15.6 Å². The summed E-state index contributed by atoms with van der Waals surface area (Å²) in [5.41, 5.74) is 0.798. The molecule has 1 aromatic rings. The number of nitrogens with one attached hydrogen (secondary N) is 1. The van der Waals surface area contributed by atoms with Gasteiger partial charge >= 0.3 is 0 Å². The van der Waals surface area contributed by atoms with Crippen LogP contribution >= 0.6 is 0 Å². The average Bonchev–Trinajstić information content (AvgIpc) is 2.81. The van der Waals surface area contributed by atoms with Crippen molar-refractivity contribution < 1.29 is 8.42 Å². The molecule has 0 unspecified atom stereocenters. The third-order valence-corrected chi connectivity index (χ3v) is 6.97. The summed E-state index contributed by atoms with van der Waals surface area (Å²) in [7, 11) is -3.53. The fourth-order valence-electron chi connectivity index (χ4n) is 3.70. The molecule has 0 amide bonds. The first-order valence-corrected chi connectivity index (χ1v) is 9.94. The summed E-state index contributed by atoms with van der Waals surface area (Å²) in [5, 5.41) is 12.1. The van der Waals surface area contributed by atoms with E-state index in [1.165, 1.54) is 0 Å². The van der Waals surface area contributed by atoms with Crippen molar-refractivity contribution in [2.75, 3.05) is 13.2 Å². The van der Waals surface area contributed by atoms with E-state index in [0.29, 0.717) is 22.7 Å². The largest absolute Gasteiger partial charge is 0.304 e. The number of nitrogens with zero attached hydrogens (tertiary/aromatic N) is 2. The Morgan fingerprint density at radius 3 is 2.46 bits per heavy atom. The van der Waals surface area contributed by atoms with Gasteiger partial charge in [0.2, 0.25) is 10.0 Å². The number of sulfonamides is 1. The number of nitriles is 1. The second kappa shape index (κ2) is 6.67. The number of rotatable bonds is 4. The molecule has 6 heteroatoms. The first-order valence-electron chi connectivity index (χ1n) is 8.50. The number of hydrogen-bond donors (Lipinski definition) is 1. The summed E-state index contributed by atoms with van der Waals surface area (Å²) in [5.74, 6) is 0. The number of benzene rings is 1. The maximum atomic E-state index is 13.2. The van der Waals surface area contributed by atoms with Gasteiger partial charge in [0, 0.05) is 0 Å². The fourth-order valence-corrected chi connectivity index (χ4v) is 5.72. The Labute approximate surface area is 144 Å². The molecule has 0 atom stereocenters. The molecule has 1 spiro atoms. The SMILES string of the molecule is CCNCN1C2(C=C(c3ccc(C#N)cc3)S1(=O)=O)CCCCC2. The van der Waals surface area contributed by atoms with E-state index in [2.05, 4.69) is 11.4 Å². The summed E-state index contributed by atoms with van der Waals surface area (Å²) in [6.45, 7) is 3.05. The lowest BCUT2D eigenvalue weighted by Gasteiger charge is -2.39. The van der Waals surface area contributed by atoms with Crippen LogP contribution in [0.4, 0.5) is 0 Å². The molecule has 1 aliphatic carbocycles. The van der Waals surface area contributed by atoms with Gasteiger partial charge in [-0.25, -0.2) is 8.42 Å². The topological polar surface area (TPSA) is 73.2 Å². The second-order valence-corrected chi connectivity index (χ2v) is 8.31. The van der Waals surface area contributed by atoms with Crippen molar-refractivity contribution in [3.63, 3.8) is 0 Å². The van der Waals surface area contributed by atoms with Crippen LogP contribution in [0.15, 0.2) is 30.3 Å². The Morgan fingerprint density at radius 1 is 1.21 bits per heavy atom. The lowest BCUT2D eigenvalue weighted by molar-refractivity contribution is 0.178. The maximum absolute atomic E-state index is 13.2. The molecule has 1 N–H and O–H groups in total. The lowest BCUT2D eigenvalue weighted by atomic mass is 9.81. The van der Waals surface area contributed by atoms with E-state index in [-0.39, 0.29) is 0 Å². The van der Waals surface area contributed by atoms with E-state index in [4.69, 9.17) is 5.26 Å². The molecule has 0 aromatic heterocycles. The summed E-state index contributed by atoms with van der Waals surface area (Å²) in [6, 6.07) is 8.88. The van der Waals surface area contributed by atoms with Gasteiger partial charge in [-0.05, 0) is 43.2 Å². The minimum Gasteiger partial charge on any atom is -0.304 e. The van der Waals surface area contributed by atoms with E-state index in [0.717, 1.165) is 38.6 Å². The van der Waals surface area contributed by atoms with Crippen LogP contribution in [0, 0.1) is 11.3 Å². The first kappa shape index (κ1) is 17.2. The summed E-state index contributed by atoms with van der Waals surface area (Å²) in [4.78, 5) is 0.381. The molecule has 1 aromatic carbocycles. The Morgan fingerprint density at radius 2 is 1.88 bits per heavy atom. The van der Waals surface area contributed by atoms with Gasteiger partial charge < -0.3 is 5.32 Å². The second-order valence-electron chi connectivity index (χ2n) is 6.48. The van der Waals surface area contributed by atoms with Crippen LogP contribution in [0.2, 0.25) is 0 Å². The molecule has 1 saturated carbocycles. The van der Waals surface area contributed by atoms with Crippen LogP contribution in [0.1, 0.15) is 50.2 Å². The maximum Gasteiger partial charge on any atom is 0.245 e. The van der Waals surface area contributed by atoms with Crippen molar-refractivity contribution in [1.29, 1.82) is 5.26 Å². The monoisotopic (exact) mass is 345 g/mol. The minimum atomic E-state index is -3.53. The molecule has 0 saturated heterocycles. The van der Waals surface area contributed by atoms with Crippen LogP contribution in [0.5, 0.6) is 0 Å². The zero-order chi connectivity index (χ0) is 17.2. The molecular weight excluding hydrogens is 322 g/mol. The highest BCUT2D eigenvalue weighted by molar-refractivity contribution is 7.98. The first-order chi connectivity index (χ1) is 11.5. The van der Waals surface area contributed by atoms with E-state index in [9.17, 15) is 8.42 Å². The van der Waals surface area contributed by atoms with Gasteiger partial charge in [0.05, 0.1) is 28.7 Å². The summed E-state index contributed by atoms with van der Waals surface area (Å²) >= 11 is 0. The van der Waals surface area contributed by atoms with Crippen molar-refractivity contribution in [1.82, 2.24) is 9.62 Å². The van der Waals surface area contributed by atoms with Crippen LogP contribution in [-0.4, -0.2) is 31.5 Å². The van der Waals surface area contributed by atoms with Crippen LogP contribution in [0.25, 0.3) is 4.91 Å². The van der Waals surface area contributed by atoms with Gasteiger partial charge in [-0.2, -0.15) is 9.57 Å². The van der Waals surface area contributed by atoms with Gasteiger partial charge in [-0.3, -0.25) is 0 Å². The van der Waals surface area contributed by atoms with Crippen molar-refractivity contribution in [3.05, 3.63) is 41.5 Å². The fraction of sp³-hybridized carbons (Fsp3) is 0.500. The highest BCUT2D eigenvalue weighted by Gasteiger charge is 2.50. The molecule has 3 rings (SSSR count). The molecule has 1 heterocycles. The van der Waals surface area contributed by atoms with Gasteiger partial charge in [-0.15, -0.1) is 0 Å². The third kappa shape index (κ3) is 2.88. The van der Waals surface area contributed by atoms with Crippen LogP contribution < -0.4 is 5.32 Å². The molecule has 5 nitrogen and oxygen atoms in total. The molecule has 128 valence electrons. The van der Waals surface area contributed by atoms with Crippen LogP contribution in [-0.2, 0) is 10.0 Å². The molecule has 0 bridgehead atoms. The Kier molecular flexibility index (Phi) is 4.77. The highest BCUT2D eigenvalue weighted by atomic mass is 32.2. The quantitative estimate of drug-likeness (QED) is 0.911. The Bertz CT molecular complexity index is 769. The molecule has 1 fully saturated rings. The predicted octanol–water partition coefficient (Wildman–Crippen LogP) is 2.81. The molecular formula is C18H23N3O2S. The standard InChI is InChI=1S/C18H23N3O2S/c1-2-20-14-21-18(10-4-3-5-11-18)12-17(24(21,22)23)16-8-6-15(13-19)7-9-16/h6-9,12,20H,2-5,10-11,14H2,1H3. The predicted molar refractivity (Wildman–Crippen MR) is 94.3 cm³/mol. The molecule has 24 heavy (non-hydrogen) atoms. The normalized spacial score (nSPS) is 22.2. The van der Waals surface area contributed by atoms with Crippen LogP contribution in [0.3, 0.4) is 0 Å². The number of hydrogen-bond acceptors (Lipinski definition) is 4. The van der Waals surface area contributed by atoms with Gasteiger partial charge in [0.15, 0.2) is 0 Å². The summed E-state index contributed by atoms with van der Waals surface area (Å²) in [6.07, 6.45) is 6.97. The third-order valence-electron chi connectivity index (χ3n) is 4.99. The van der Waals surface area contributed by atoms with E-state index in [1.54, 1.807) is 28.6 Å². The van der Waals surface area contributed by atoms with Gasteiger partial charge in [0.1, 0.15) is 0 Å². The minimum absolute atomic E-state index is 0.342. The van der Waals surface area contributed by atoms with Crippen molar-refractivity contribution in [3.8, 4) is 6.07 Å². The zero-order valence-corrected chi connectivity index (χ0v) is 14.8. The molecule has 0 radical (unpaired) electrons. The van der Waals surface area contributed by atoms with E-state index >= 15 is 0 Å². The molecule has 1 aliphatic heterocycles. The lowest BCUT2D eigenvalue weighted by Crippen LogP contribution is -2.51. The van der Waals surface area contributed by atoms with Crippen molar-refractivity contribution in [2.45, 2.75) is 44.6 Å². The van der Waals surface area contributed by atoms with Crippen molar-refractivity contribution >= 4 is 14.9 Å². The Balaban J connectivity index is 2.04. The smallest absolute Gasteiger partial charge is 0.245 e. The Hall–Kier alpha value is -1.68. The average molecular weight is 345 g/mol. The highest BCUT2D eigenvalue weighted by Crippen LogP contribution is 2.46. The van der Waals surface area contributed by atoms with Gasteiger partial charge in [-0.1, -0.05) is 38.3 Å². The van der Waals surface area contributed by atoms with Gasteiger partial charge in [0.25, 0.3) is 0 Å². The van der Waals surface area contributed by atoms with Crippen molar-refractivity contribution in [2.24, 2.45) is 0 Å². The zero-order valence-electron chi connectivity index (χ0n) is 14.0.